The second-order valence-electron chi connectivity index (χ2n) is 5.33. The van der Waals surface area contributed by atoms with Crippen LogP contribution in [-0.2, 0) is 0 Å². The summed E-state index contributed by atoms with van der Waals surface area (Å²) in [6.07, 6.45) is 2.27. The van der Waals surface area contributed by atoms with Crippen molar-refractivity contribution in [3.8, 4) is 0 Å². The molecule has 1 saturated carbocycles. The smallest absolute Gasteiger partial charge is 0.291 e. The fourth-order valence-corrected chi connectivity index (χ4v) is 2.14. The van der Waals surface area contributed by atoms with Gasteiger partial charge in [0.05, 0.1) is 0 Å². The minimum atomic E-state index is -0.223. The molecule has 1 fully saturated rings. The van der Waals surface area contributed by atoms with E-state index in [1.54, 1.807) is 0 Å². The van der Waals surface area contributed by atoms with Crippen LogP contribution in [-0.4, -0.2) is 41.2 Å². The molecule has 1 amide bonds. The number of hydrogen-bond acceptors (Lipinski definition) is 4. The van der Waals surface area contributed by atoms with Crippen LogP contribution in [0.2, 0.25) is 0 Å². The Balaban J connectivity index is 1.47. The van der Waals surface area contributed by atoms with Crippen LogP contribution in [0.25, 0.3) is 0 Å². The Kier molecular flexibility index (Phi) is 3.85. The molecule has 0 aliphatic heterocycles. The zero-order chi connectivity index (χ0) is 14.7. The van der Waals surface area contributed by atoms with Gasteiger partial charge >= 0.3 is 0 Å². The van der Waals surface area contributed by atoms with E-state index >= 15 is 0 Å². The molecule has 0 saturated heterocycles. The van der Waals surface area contributed by atoms with Crippen LogP contribution >= 0.6 is 0 Å². The van der Waals surface area contributed by atoms with Gasteiger partial charge in [-0.15, -0.1) is 5.10 Å². The van der Waals surface area contributed by atoms with E-state index in [-0.39, 0.29) is 11.7 Å². The van der Waals surface area contributed by atoms with Gasteiger partial charge in [-0.05, 0) is 25.0 Å². The highest BCUT2D eigenvalue weighted by Gasteiger charge is 2.28. The van der Waals surface area contributed by atoms with Gasteiger partial charge in [-0.25, -0.2) is 4.98 Å². The van der Waals surface area contributed by atoms with E-state index in [2.05, 4.69) is 25.4 Å². The maximum atomic E-state index is 11.9. The molecule has 110 valence electrons. The normalized spacial score (nSPS) is 14.0. The number of H-pyrrole nitrogens is 1. The van der Waals surface area contributed by atoms with Crippen molar-refractivity contribution in [3.63, 3.8) is 0 Å². The Labute approximate surface area is 123 Å². The van der Waals surface area contributed by atoms with Crippen LogP contribution in [0.5, 0.6) is 0 Å². The van der Waals surface area contributed by atoms with Crippen molar-refractivity contribution in [1.82, 2.24) is 20.5 Å². The van der Waals surface area contributed by atoms with Crippen molar-refractivity contribution >= 4 is 11.6 Å². The molecule has 6 nitrogen and oxygen atoms in total. The number of carbonyl (C=O) groups is 1. The molecule has 0 unspecified atom stereocenters. The number of rotatable bonds is 6. The molecule has 2 N–H and O–H groups in total. The standard InChI is InChI=1S/C15H19N5O/c1-20(12-5-3-2-4-6-12)10-9-16-15(21)14-17-13(18-19-14)11-7-8-11/h2-6,11H,7-10H2,1H3,(H,16,21)(H,17,18,19). The average Bonchev–Trinajstić information content (AvgIpc) is 3.25. The van der Waals surface area contributed by atoms with E-state index in [9.17, 15) is 4.79 Å². The van der Waals surface area contributed by atoms with E-state index in [4.69, 9.17) is 0 Å². The molecule has 1 aliphatic carbocycles. The van der Waals surface area contributed by atoms with Gasteiger partial charge < -0.3 is 10.2 Å². The first kappa shape index (κ1) is 13.6. The zero-order valence-corrected chi connectivity index (χ0v) is 12.0. The summed E-state index contributed by atoms with van der Waals surface area (Å²) < 4.78 is 0. The van der Waals surface area contributed by atoms with Gasteiger partial charge in [0.15, 0.2) is 0 Å². The molecule has 2 aromatic rings. The second-order valence-corrected chi connectivity index (χ2v) is 5.33. The van der Waals surface area contributed by atoms with Crippen LogP contribution in [0.1, 0.15) is 35.2 Å². The van der Waals surface area contributed by atoms with Crippen molar-refractivity contribution in [2.45, 2.75) is 18.8 Å². The number of aromatic nitrogens is 3. The average molecular weight is 285 g/mol. The summed E-state index contributed by atoms with van der Waals surface area (Å²) in [4.78, 5) is 18.3. The lowest BCUT2D eigenvalue weighted by molar-refractivity contribution is 0.0944. The lowest BCUT2D eigenvalue weighted by Crippen LogP contribution is -2.33. The van der Waals surface area contributed by atoms with Crippen molar-refractivity contribution in [3.05, 3.63) is 42.0 Å². The van der Waals surface area contributed by atoms with Crippen molar-refractivity contribution in [1.29, 1.82) is 0 Å². The highest BCUT2D eigenvalue weighted by molar-refractivity contribution is 5.90. The number of anilines is 1. The molecule has 1 aliphatic rings. The van der Waals surface area contributed by atoms with Gasteiger partial charge in [0.1, 0.15) is 5.82 Å². The molecule has 1 aromatic heterocycles. The maximum Gasteiger partial charge on any atom is 0.291 e. The first-order valence-corrected chi connectivity index (χ1v) is 7.21. The highest BCUT2D eigenvalue weighted by Crippen LogP contribution is 2.37. The fourth-order valence-electron chi connectivity index (χ4n) is 2.14. The Morgan fingerprint density at radius 1 is 1.38 bits per heavy atom. The van der Waals surface area contributed by atoms with E-state index in [0.29, 0.717) is 12.5 Å². The number of amides is 1. The molecular weight excluding hydrogens is 266 g/mol. The zero-order valence-electron chi connectivity index (χ0n) is 12.0. The third kappa shape index (κ3) is 3.39. The fraction of sp³-hybridized carbons (Fsp3) is 0.400. The molecular formula is C15H19N5O. The Morgan fingerprint density at radius 3 is 2.86 bits per heavy atom. The van der Waals surface area contributed by atoms with Gasteiger partial charge in [0.2, 0.25) is 5.82 Å². The van der Waals surface area contributed by atoms with Crippen LogP contribution in [0.4, 0.5) is 5.69 Å². The molecule has 1 heterocycles. The number of nitrogens with zero attached hydrogens (tertiary/aromatic N) is 3. The van der Waals surface area contributed by atoms with Crippen molar-refractivity contribution in [2.24, 2.45) is 0 Å². The van der Waals surface area contributed by atoms with Crippen molar-refractivity contribution in [2.75, 3.05) is 25.0 Å². The van der Waals surface area contributed by atoms with Gasteiger partial charge in [-0.3, -0.25) is 9.89 Å². The third-order valence-corrected chi connectivity index (χ3v) is 3.60. The van der Waals surface area contributed by atoms with E-state index in [1.807, 2.05) is 37.4 Å². The van der Waals surface area contributed by atoms with Gasteiger partial charge in [-0.1, -0.05) is 18.2 Å². The minimum absolute atomic E-state index is 0.223. The Hall–Kier alpha value is -2.37. The molecule has 0 bridgehead atoms. The minimum Gasteiger partial charge on any atom is -0.373 e. The van der Waals surface area contributed by atoms with E-state index in [1.165, 1.54) is 0 Å². The number of benzene rings is 1. The van der Waals surface area contributed by atoms with Gasteiger partial charge in [-0.2, -0.15) is 0 Å². The van der Waals surface area contributed by atoms with Crippen LogP contribution in [0.3, 0.4) is 0 Å². The predicted octanol–water partition coefficient (Wildman–Crippen LogP) is 1.55. The Morgan fingerprint density at radius 2 is 2.14 bits per heavy atom. The lowest BCUT2D eigenvalue weighted by atomic mass is 10.3. The largest absolute Gasteiger partial charge is 0.373 e. The summed E-state index contributed by atoms with van der Waals surface area (Å²) in [5.41, 5.74) is 1.13. The summed E-state index contributed by atoms with van der Waals surface area (Å²) in [5, 5.41) is 9.66. The van der Waals surface area contributed by atoms with E-state index in [0.717, 1.165) is 30.9 Å². The topological polar surface area (TPSA) is 73.9 Å². The monoisotopic (exact) mass is 285 g/mol. The molecule has 3 rings (SSSR count). The highest BCUT2D eigenvalue weighted by atomic mass is 16.2. The predicted molar refractivity (Wildman–Crippen MR) is 80.4 cm³/mol. The van der Waals surface area contributed by atoms with Gasteiger partial charge in [0, 0.05) is 31.7 Å². The second kappa shape index (κ2) is 5.95. The van der Waals surface area contributed by atoms with Crippen LogP contribution in [0, 0.1) is 0 Å². The number of carbonyl (C=O) groups excluding carboxylic acids is 1. The number of hydrogen-bond donors (Lipinski definition) is 2. The molecule has 0 radical (unpaired) electrons. The summed E-state index contributed by atoms with van der Waals surface area (Å²) in [6, 6.07) is 10.1. The number of aromatic amines is 1. The SMILES string of the molecule is CN(CCNC(=O)c1n[nH]c(C2CC2)n1)c1ccccc1. The van der Waals surface area contributed by atoms with Crippen LogP contribution in [0.15, 0.2) is 30.3 Å². The summed E-state index contributed by atoms with van der Waals surface area (Å²) in [5.74, 6) is 1.32. The molecule has 0 spiro atoms. The summed E-state index contributed by atoms with van der Waals surface area (Å²) in [7, 11) is 2.00. The summed E-state index contributed by atoms with van der Waals surface area (Å²) >= 11 is 0. The van der Waals surface area contributed by atoms with E-state index < -0.39 is 0 Å². The molecule has 6 heteroatoms. The Bertz CT molecular complexity index is 606. The lowest BCUT2D eigenvalue weighted by Gasteiger charge is -2.19. The molecule has 21 heavy (non-hydrogen) atoms. The number of nitrogens with one attached hydrogen (secondary N) is 2. The molecule has 1 aromatic carbocycles. The first-order chi connectivity index (χ1) is 10.2. The quantitative estimate of drug-likeness (QED) is 0.844. The van der Waals surface area contributed by atoms with Gasteiger partial charge in [0.25, 0.3) is 5.91 Å². The number of para-hydroxylation sites is 1. The molecule has 0 atom stereocenters. The summed E-state index contributed by atoms with van der Waals surface area (Å²) in [6.45, 7) is 1.28. The maximum absolute atomic E-state index is 11.9. The van der Waals surface area contributed by atoms with Crippen LogP contribution < -0.4 is 10.2 Å². The third-order valence-electron chi connectivity index (χ3n) is 3.60. The first-order valence-electron chi connectivity index (χ1n) is 7.21. The van der Waals surface area contributed by atoms with Crippen molar-refractivity contribution < 1.29 is 4.79 Å². The number of likely N-dealkylation sites (N-methyl/N-ethyl adjacent to an activating group) is 1.